The maximum atomic E-state index is 13.9. The minimum Gasteiger partial charge on any atom is -0.496 e. The van der Waals surface area contributed by atoms with Crippen molar-refractivity contribution in [2.24, 2.45) is 16.8 Å². The zero-order chi connectivity index (χ0) is 33.6. The monoisotopic (exact) mass is 623 g/mol. The van der Waals surface area contributed by atoms with Gasteiger partial charge in [-0.2, -0.15) is 5.10 Å². The van der Waals surface area contributed by atoms with Gasteiger partial charge in [0.25, 0.3) is 5.91 Å². The lowest BCUT2D eigenvalue weighted by molar-refractivity contribution is -0.115. The average molecular weight is 624 g/mol. The lowest BCUT2D eigenvalue weighted by atomic mass is 9.95. The number of nitrogens with one attached hydrogen (secondary N) is 3. The largest absolute Gasteiger partial charge is 0.496 e. The van der Waals surface area contributed by atoms with Crippen LogP contribution in [0.1, 0.15) is 107 Å². The van der Waals surface area contributed by atoms with Gasteiger partial charge in [-0.25, -0.2) is 4.39 Å². The van der Waals surface area contributed by atoms with Crippen LogP contribution in [0.2, 0.25) is 0 Å². The van der Waals surface area contributed by atoms with E-state index in [1.807, 2.05) is 68.5 Å². The molecule has 43 heavy (non-hydrogen) atoms. The molecule has 248 valence electrons. The molecule has 1 fully saturated rings. The van der Waals surface area contributed by atoms with Crippen LogP contribution < -0.4 is 26.5 Å². The van der Waals surface area contributed by atoms with Gasteiger partial charge in [-0.1, -0.05) is 105 Å². The normalized spacial score (nSPS) is 15.1. The van der Waals surface area contributed by atoms with Gasteiger partial charge in [0.2, 0.25) is 0 Å². The van der Waals surface area contributed by atoms with Gasteiger partial charge in [0.1, 0.15) is 11.6 Å². The van der Waals surface area contributed by atoms with Gasteiger partial charge in [0, 0.05) is 24.7 Å². The van der Waals surface area contributed by atoms with Crippen molar-refractivity contribution >= 4 is 28.4 Å². The first-order chi connectivity index (χ1) is 20.9. The maximum absolute atomic E-state index is 13.9. The van der Waals surface area contributed by atoms with Crippen LogP contribution in [0.3, 0.4) is 0 Å². The smallest absolute Gasteiger partial charge is 0.257 e. The molecule has 0 aromatic heterocycles. The molecule has 5 N–H and O–H groups in total. The van der Waals surface area contributed by atoms with Crippen molar-refractivity contribution in [2.75, 3.05) is 20.7 Å². The number of amidine groups is 1. The molecule has 1 aliphatic carbocycles. The van der Waals surface area contributed by atoms with Crippen molar-refractivity contribution in [1.29, 1.82) is 0 Å². The maximum Gasteiger partial charge on any atom is 0.257 e. The van der Waals surface area contributed by atoms with Crippen LogP contribution in [0.15, 0.2) is 53.3 Å². The van der Waals surface area contributed by atoms with Crippen molar-refractivity contribution < 1.29 is 13.9 Å². The summed E-state index contributed by atoms with van der Waals surface area (Å²) in [5, 5.41) is 10.7. The second-order valence-electron chi connectivity index (χ2n) is 8.39. The lowest BCUT2D eigenvalue weighted by Gasteiger charge is -2.15. The third-order valence-electron chi connectivity index (χ3n) is 5.47. The Hall–Kier alpha value is -2.78. The highest BCUT2D eigenvalue weighted by Gasteiger charge is 2.36. The van der Waals surface area contributed by atoms with Crippen LogP contribution in [0, 0.1) is 11.7 Å². The van der Waals surface area contributed by atoms with E-state index < -0.39 is 0 Å². The van der Waals surface area contributed by atoms with Gasteiger partial charge in [-0.05, 0) is 62.1 Å². The topological polar surface area (TPSA) is 101 Å². The number of halogens is 1. The van der Waals surface area contributed by atoms with Crippen molar-refractivity contribution in [3.05, 3.63) is 59.6 Å². The predicted molar refractivity (Wildman–Crippen MR) is 190 cm³/mol. The number of hydrogen-bond donors (Lipinski definition) is 4. The third-order valence-corrected chi connectivity index (χ3v) is 6.63. The number of amides is 1. The Morgan fingerprint density at radius 1 is 1.14 bits per heavy atom. The summed E-state index contributed by atoms with van der Waals surface area (Å²) in [6.45, 7) is 20.7. The highest BCUT2D eigenvalue weighted by molar-refractivity contribution is 8.14. The van der Waals surface area contributed by atoms with E-state index in [1.165, 1.54) is 44.9 Å². The molecule has 0 bridgehead atoms. The molecule has 1 aromatic carbocycles. The number of ether oxygens (including phenoxy) is 1. The number of methoxy groups -OCH3 is 1. The lowest BCUT2D eigenvalue weighted by Crippen LogP contribution is -2.29. The molecular weight excluding hydrogens is 561 g/mol. The Kier molecular flexibility index (Phi) is 31.9. The second-order valence-corrected chi connectivity index (χ2v) is 9.52. The number of rotatable bonds is 9. The summed E-state index contributed by atoms with van der Waals surface area (Å²) in [7, 11) is 3.37. The van der Waals surface area contributed by atoms with Crippen LogP contribution in [-0.2, 0) is 4.79 Å². The molecule has 2 aliphatic rings. The molecule has 3 rings (SSSR count). The Bertz CT molecular complexity index is 952. The number of allylic oxidation sites excluding steroid dienone is 2. The molecule has 9 heteroatoms. The molecule has 1 unspecified atom stereocenters. The van der Waals surface area contributed by atoms with E-state index in [4.69, 9.17) is 10.5 Å². The van der Waals surface area contributed by atoms with Gasteiger partial charge < -0.3 is 15.8 Å². The zero-order valence-corrected chi connectivity index (χ0v) is 29.9. The van der Waals surface area contributed by atoms with Crippen LogP contribution >= 0.6 is 11.8 Å². The molecule has 1 aliphatic heterocycles. The summed E-state index contributed by atoms with van der Waals surface area (Å²) in [6, 6.07) is 4.33. The standard InChI is InChI=1S/C20H24FN3O2S.C4H10N2.C4H10.3C2H6/c1-4-6-15(14(5-2)16-11-13(21)9-10-17(16)26-3)18(25)22-20-24-23-19(27-20)12-7-8-12;1-6-4-2-3-5;1-3-4-2;3*1-2/h4,6,9-12,19,23H,5,7-8H2,1-3H3,(H,22,24,25);2,4,6H,3,5H2,1H3;3-4H2,1-2H3;3*1-2H3/b6-4-,15-14-;4-2-;;;;. The van der Waals surface area contributed by atoms with Gasteiger partial charge >= 0.3 is 0 Å². The predicted octanol–water partition coefficient (Wildman–Crippen LogP) is 8.60. The molecule has 0 radical (unpaired) electrons. The molecule has 1 atom stereocenters. The number of thioether (sulfide) groups is 1. The van der Waals surface area contributed by atoms with Crippen LogP contribution in [-0.4, -0.2) is 37.2 Å². The highest BCUT2D eigenvalue weighted by atomic mass is 32.2. The molecule has 1 heterocycles. The summed E-state index contributed by atoms with van der Waals surface area (Å²) in [4.78, 5) is 13.0. The van der Waals surface area contributed by atoms with Crippen molar-refractivity contribution in [3.63, 3.8) is 0 Å². The van der Waals surface area contributed by atoms with E-state index in [1.54, 1.807) is 36.2 Å². The van der Waals surface area contributed by atoms with Gasteiger partial charge in [0.15, 0.2) is 5.17 Å². The number of nitrogens with two attached hydrogens (primary N) is 1. The zero-order valence-electron chi connectivity index (χ0n) is 29.1. The molecule has 1 saturated carbocycles. The van der Waals surface area contributed by atoms with Crippen molar-refractivity contribution in [2.45, 2.75) is 107 Å². The van der Waals surface area contributed by atoms with E-state index in [2.05, 4.69) is 35.0 Å². The molecule has 0 saturated heterocycles. The number of carbonyl (C=O) groups excluding carboxylic acids is 1. The highest BCUT2D eigenvalue weighted by Crippen LogP contribution is 2.39. The molecule has 1 aromatic rings. The number of unbranched alkanes of at least 4 members (excludes halogenated alkanes) is 1. The Morgan fingerprint density at radius 2 is 1.74 bits per heavy atom. The molecule has 1 amide bonds. The Labute approximate surface area is 267 Å². The number of hydrogen-bond acceptors (Lipinski definition) is 7. The minimum atomic E-state index is -0.371. The SMILES string of the molecule is C/C=C\C(C(=O)NC1=NNC(C2CC2)S1)=C(/CC)c1cc(F)ccc1OC.CC.CC.CC.CCCC.CN/C=C\CN. The Balaban J connectivity index is -0.000000839. The van der Waals surface area contributed by atoms with E-state index in [9.17, 15) is 9.18 Å². The van der Waals surface area contributed by atoms with Gasteiger partial charge in [-0.3, -0.25) is 15.5 Å². The second kappa shape index (κ2) is 30.7. The summed E-state index contributed by atoms with van der Waals surface area (Å²) < 4.78 is 19.2. The average Bonchev–Trinajstić information content (AvgIpc) is 3.81. The van der Waals surface area contributed by atoms with E-state index in [0.29, 0.717) is 40.9 Å². The summed E-state index contributed by atoms with van der Waals surface area (Å²) >= 11 is 1.55. The van der Waals surface area contributed by atoms with Crippen molar-refractivity contribution in [3.8, 4) is 5.75 Å². The fourth-order valence-corrected chi connectivity index (χ4v) is 4.29. The molecule has 0 spiro atoms. The molecular formula is C34H62FN5O2S. The van der Waals surface area contributed by atoms with E-state index in [0.717, 1.165) is 5.57 Å². The first-order valence-corrected chi connectivity index (χ1v) is 16.8. The summed E-state index contributed by atoms with van der Waals surface area (Å²) in [5.41, 5.74) is 9.94. The third kappa shape index (κ3) is 19.2. The minimum absolute atomic E-state index is 0.239. The van der Waals surface area contributed by atoms with Gasteiger partial charge in [0.05, 0.1) is 12.5 Å². The fourth-order valence-electron chi connectivity index (χ4n) is 3.23. The first kappa shape index (κ1) is 44.7. The first-order valence-electron chi connectivity index (χ1n) is 15.9. The number of nitrogens with zero attached hydrogens (tertiary/aromatic N) is 1. The summed E-state index contributed by atoms with van der Waals surface area (Å²) in [5.74, 6) is 0.525. The Morgan fingerprint density at radius 3 is 2.16 bits per heavy atom. The van der Waals surface area contributed by atoms with Crippen molar-refractivity contribution in [1.82, 2.24) is 16.1 Å². The van der Waals surface area contributed by atoms with Crippen LogP contribution in [0.25, 0.3) is 5.57 Å². The quantitative estimate of drug-likeness (QED) is 0.162. The fraction of sp³-hybridized carbons (Fsp3) is 0.588. The van der Waals surface area contributed by atoms with Gasteiger partial charge in [-0.15, -0.1) is 0 Å². The van der Waals surface area contributed by atoms with Crippen LogP contribution in [0.5, 0.6) is 5.75 Å². The summed E-state index contributed by atoms with van der Waals surface area (Å²) in [6.07, 6.45) is 12.8. The number of benzene rings is 1. The number of hydrazone groups is 1. The van der Waals surface area contributed by atoms with Crippen LogP contribution in [0.4, 0.5) is 4.39 Å². The number of carbonyl (C=O) groups is 1. The van der Waals surface area contributed by atoms with E-state index in [-0.39, 0.29) is 17.1 Å². The molecule has 7 nitrogen and oxygen atoms in total. The van der Waals surface area contributed by atoms with E-state index >= 15 is 0 Å².